The fourth-order valence-corrected chi connectivity index (χ4v) is 0.732. The summed E-state index contributed by atoms with van der Waals surface area (Å²) in [5.41, 5.74) is 0.898. The molecule has 0 aliphatic heterocycles. The molecule has 0 radical (unpaired) electrons. The van der Waals surface area contributed by atoms with Gasteiger partial charge in [0.2, 0.25) is 0 Å². The summed E-state index contributed by atoms with van der Waals surface area (Å²) in [5.74, 6) is -0.922. The van der Waals surface area contributed by atoms with Crippen LogP contribution in [0, 0.1) is 0 Å². The zero-order valence-corrected chi connectivity index (χ0v) is 10.6. The average Bonchev–Trinajstić information content (AvgIpc) is 2.03. The van der Waals surface area contributed by atoms with Crippen LogP contribution in [0.5, 0.6) is 0 Å². The topological polar surface area (TPSA) is 37.3 Å². The Morgan fingerprint density at radius 2 is 1.83 bits per heavy atom. The Morgan fingerprint density at radius 3 is 2.33 bits per heavy atom. The standard InChI is InChI=1S/C9H8O2.Sb.3H/c10-9(11)7-6-8-4-2-1-3-5-8;;;;/h1-7H,(H,10,11);;;;/b7-6+;;;;. The molecule has 0 aliphatic rings. The molecule has 0 saturated heterocycles. The summed E-state index contributed by atoms with van der Waals surface area (Å²) < 4.78 is 0. The summed E-state index contributed by atoms with van der Waals surface area (Å²) in [6.45, 7) is 0. The Bertz CT molecular complexity index is 267. The monoisotopic (exact) mass is 272 g/mol. The van der Waals surface area contributed by atoms with Crippen molar-refractivity contribution in [1.29, 1.82) is 0 Å². The van der Waals surface area contributed by atoms with E-state index >= 15 is 0 Å². The summed E-state index contributed by atoms with van der Waals surface area (Å²) in [6, 6.07) is 9.31. The Balaban J connectivity index is 0.00000121. The second kappa shape index (κ2) is 5.84. The van der Waals surface area contributed by atoms with Gasteiger partial charge in [0.1, 0.15) is 0 Å². The number of aliphatic carboxylic acids is 1. The van der Waals surface area contributed by atoms with Crippen LogP contribution in [0.2, 0.25) is 0 Å². The second-order valence-electron chi connectivity index (χ2n) is 2.08. The van der Waals surface area contributed by atoms with Crippen molar-refractivity contribution in [3.05, 3.63) is 42.0 Å². The summed E-state index contributed by atoms with van der Waals surface area (Å²) in [6.07, 6.45) is 2.68. The van der Waals surface area contributed by atoms with Crippen LogP contribution in [-0.2, 0) is 4.79 Å². The van der Waals surface area contributed by atoms with Gasteiger partial charge < -0.3 is 5.11 Å². The molecule has 64 valence electrons. The molecule has 0 aromatic heterocycles. The number of benzene rings is 1. The second-order valence-corrected chi connectivity index (χ2v) is 2.08. The van der Waals surface area contributed by atoms with E-state index in [1.165, 1.54) is 0 Å². The van der Waals surface area contributed by atoms with Crippen LogP contribution < -0.4 is 0 Å². The van der Waals surface area contributed by atoms with Crippen molar-refractivity contribution < 1.29 is 9.90 Å². The SMILES string of the molecule is O=C(O)/C=C/c1ccccc1.[SbH3]. The molecule has 0 amide bonds. The summed E-state index contributed by atoms with van der Waals surface area (Å²) in [4.78, 5) is 10.1. The molecular formula is C9H11O2Sb. The molecule has 12 heavy (non-hydrogen) atoms. The van der Waals surface area contributed by atoms with Gasteiger partial charge >= 0.3 is 30.4 Å². The van der Waals surface area contributed by atoms with Crippen molar-refractivity contribution >= 4 is 36.5 Å². The third-order valence-electron chi connectivity index (χ3n) is 1.22. The van der Waals surface area contributed by atoms with Crippen LogP contribution in [0.25, 0.3) is 6.08 Å². The zero-order chi connectivity index (χ0) is 8.10. The predicted molar refractivity (Wildman–Crippen MR) is 53.1 cm³/mol. The number of carboxylic acids is 1. The Morgan fingerprint density at radius 1 is 1.25 bits per heavy atom. The van der Waals surface area contributed by atoms with Gasteiger partial charge in [-0.2, -0.15) is 0 Å². The molecule has 1 N–H and O–H groups in total. The van der Waals surface area contributed by atoms with Crippen molar-refractivity contribution in [2.45, 2.75) is 0 Å². The van der Waals surface area contributed by atoms with Gasteiger partial charge in [-0.3, -0.25) is 0 Å². The number of hydrogen-bond acceptors (Lipinski definition) is 1. The molecule has 0 atom stereocenters. The van der Waals surface area contributed by atoms with Gasteiger partial charge in [0.25, 0.3) is 0 Å². The molecule has 2 nitrogen and oxygen atoms in total. The quantitative estimate of drug-likeness (QED) is 0.633. The van der Waals surface area contributed by atoms with Crippen LogP contribution in [0.3, 0.4) is 0 Å². The van der Waals surface area contributed by atoms with E-state index in [1.54, 1.807) is 6.08 Å². The summed E-state index contributed by atoms with van der Waals surface area (Å²) in [5, 5.41) is 8.29. The average molecular weight is 273 g/mol. The molecule has 3 heteroatoms. The van der Waals surface area contributed by atoms with Gasteiger partial charge in [-0.15, -0.1) is 0 Å². The van der Waals surface area contributed by atoms with Crippen molar-refractivity contribution in [3.8, 4) is 0 Å². The molecule has 0 fully saturated rings. The van der Waals surface area contributed by atoms with Crippen molar-refractivity contribution in [1.82, 2.24) is 0 Å². The molecule has 0 heterocycles. The van der Waals surface area contributed by atoms with Gasteiger partial charge in [0.05, 0.1) is 0 Å². The first kappa shape index (κ1) is 11.2. The minimum absolute atomic E-state index is 0. The van der Waals surface area contributed by atoms with Crippen LogP contribution >= 0.6 is 0 Å². The Hall–Kier alpha value is -0.752. The van der Waals surface area contributed by atoms with Crippen molar-refractivity contribution in [3.63, 3.8) is 0 Å². The van der Waals surface area contributed by atoms with Gasteiger partial charge in [0, 0.05) is 6.08 Å². The first-order valence-corrected chi connectivity index (χ1v) is 3.25. The van der Waals surface area contributed by atoms with E-state index in [4.69, 9.17) is 5.11 Å². The third-order valence-corrected chi connectivity index (χ3v) is 1.22. The van der Waals surface area contributed by atoms with Crippen molar-refractivity contribution in [2.75, 3.05) is 0 Å². The molecule has 1 aromatic carbocycles. The van der Waals surface area contributed by atoms with Gasteiger partial charge in [-0.05, 0) is 11.6 Å². The van der Waals surface area contributed by atoms with Crippen LogP contribution in [-0.4, -0.2) is 35.5 Å². The molecule has 0 saturated carbocycles. The van der Waals surface area contributed by atoms with E-state index in [-0.39, 0.29) is 24.4 Å². The van der Waals surface area contributed by atoms with Gasteiger partial charge in [-0.25, -0.2) is 4.79 Å². The number of carbonyl (C=O) groups is 1. The van der Waals surface area contributed by atoms with Gasteiger partial charge in [0.15, 0.2) is 0 Å². The van der Waals surface area contributed by atoms with Crippen LogP contribution in [0.4, 0.5) is 0 Å². The normalized spacial score (nSPS) is 9.33. The zero-order valence-electron chi connectivity index (χ0n) is 6.60. The molecule has 1 rings (SSSR count). The molecular weight excluding hydrogens is 262 g/mol. The maximum absolute atomic E-state index is 10.1. The number of hydrogen-bond donors (Lipinski definition) is 1. The van der Waals surface area contributed by atoms with E-state index in [0.29, 0.717) is 0 Å². The first-order valence-electron chi connectivity index (χ1n) is 3.25. The number of rotatable bonds is 2. The summed E-state index contributed by atoms with van der Waals surface area (Å²) in [7, 11) is 0. The maximum atomic E-state index is 10.1. The van der Waals surface area contributed by atoms with E-state index in [9.17, 15) is 4.79 Å². The molecule has 0 bridgehead atoms. The molecule has 1 aromatic rings. The third kappa shape index (κ3) is 4.19. The Kier molecular flexibility index (Phi) is 5.48. The first-order chi connectivity index (χ1) is 5.29. The van der Waals surface area contributed by atoms with Crippen LogP contribution in [0.15, 0.2) is 36.4 Å². The summed E-state index contributed by atoms with van der Waals surface area (Å²) >= 11 is 0. The van der Waals surface area contributed by atoms with Crippen molar-refractivity contribution in [2.24, 2.45) is 0 Å². The fraction of sp³-hybridized carbons (Fsp3) is 0. The Labute approximate surface area is 88.4 Å². The van der Waals surface area contributed by atoms with E-state index in [2.05, 4.69) is 0 Å². The fourth-order valence-electron chi connectivity index (χ4n) is 0.732. The molecule has 0 unspecified atom stereocenters. The minimum atomic E-state index is -0.922. The van der Waals surface area contributed by atoms with E-state index in [1.807, 2.05) is 30.3 Å². The predicted octanol–water partition coefficient (Wildman–Crippen LogP) is 0.600. The van der Waals surface area contributed by atoms with E-state index in [0.717, 1.165) is 11.6 Å². The number of carboxylic acid groups (broad SMARTS) is 1. The van der Waals surface area contributed by atoms with Crippen LogP contribution in [0.1, 0.15) is 5.56 Å². The van der Waals surface area contributed by atoms with Gasteiger partial charge in [-0.1, -0.05) is 30.3 Å². The molecule has 0 aliphatic carbocycles. The molecule has 0 spiro atoms. The van der Waals surface area contributed by atoms with E-state index < -0.39 is 5.97 Å².